The van der Waals surface area contributed by atoms with Gasteiger partial charge in [-0.25, -0.2) is 4.39 Å². The van der Waals surface area contributed by atoms with E-state index in [1.165, 1.54) is 30.0 Å². The van der Waals surface area contributed by atoms with Crippen molar-refractivity contribution in [2.24, 2.45) is 0 Å². The van der Waals surface area contributed by atoms with Gasteiger partial charge in [-0.3, -0.25) is 9.59 Å². The molecule has 5 nitrogen and oxygen atoms in total. The number of benzene rings is 2. The SMILES string of the molecule is CC(=O)N1CC(C(=O)Nc2ccc(F)cc2C)Oc2ccccc21. The highest BCUT2D eigenvalue weighted by Gasteiger charge is 2.32. The summed E-state index contributed by atoms with van der Waals surface area (Å²) in [4.78, 5) is 25.9. The fourth-order valence-electron chi connectivity index (χ4n) is 2.65. The number of halogens is 1. The van der Waals surface area contributed by atoms with E-state index in [-0.39, 0.29) is 24.2 Å². The highest BCUT2D eigenvalue weighted by Crippen LogP contribution is 2.33. The third-order valence-corrected chi connectivity index (χ3v) is 3.89. The van der Waals surface area contributed by atoms with Crippen LogP contribution in [0.2, 0.25) is 0 Å². The number of hydrogen-bond donors (Lipinski definition) is 1. The summed E-state index contributed by atoms with van der Waals surface area (Å²) < 4.78 is 18.9. The van der Waals surface area contributed by atoms with Crippen LogP contribution < -0.4 is 15.0 Å². The smallest absolute Gasteiger partial charge is 0.267 e. The minimum Gasteiger partial charge on any atom is -0.476 e. The van der Waals surface area contributed by atoms with Crippen LogP contribution in [-0.2, 0) is 9.59 Å². The van der Waals surface area contributed by atoms with Crippen molar-refractivity contribution in [3.63, 3.8) is 0 Å². The average molecular weight is 328 g/mol. The second kappa shape index (κ2) is 6.31. The van der Waals surface area contributed by atoms with Crippen LogP contribution in [0.3, 0.4) is 0 Å². The maximum absolute atomic E-state index is 13.2. The van der Waals surface area contributed by atoms with Gasteiger partial charge in [-0.1, -0.05) is 12.1 Å². The predicted molar refractivity (Wildman–Crippen MR) is 88.7 cm³/mol. The molecule has 0 aliphatic carbocycles. The van der Waals surface area contributed by atoms with Crippen molar-refractivity contribution in [3.8, 4) is 5.75 Å². The molecule has 0 saturated heterocycles. The third-order valence-electron chi connectivity index (χ3n) is 3.89. The maximum Gasteiger partial charge on any atom is 0.267 e. The molecule has 1 N–H and O–H groups in total. The summed E-state index contributed by atoms with van der Waals surface area (Å²) in [6.45, 7) is 3.28. The first-order valence-corrected chi connectivity index (χ1v) is 7.56. The number of nitrogens with one attached hydrogen (secondary N) is 1. The van der Waals surface area contributed by atoms with Crippen molar-refractivity contribution in [1.82, 2.24) is 0 Å². The number of hydrogen-bond acceptors (Lipinski definition) is 3. The number of nitrogens with zero attached hydrogens (tertiary/aromatic N) is 1. The summed E-state index contributed by atoms with van der Waals surface area (Å²) in [6.07, 6.45) is -0.840. The number of aryl methyl sites for hydroxylation is 1. The Morgan fingerprint density at radius 1 is 1.25 bits per heavy atom. The molecule has 1 aliphatic heterocycles. The van der Waals surface area contributed by atoms with Gasteiger partial charge < -0.3 is 15.0 Å². The van der Waals surface area contributed by atoms with Gasteiger partial charge in [0.05, 0.1) is 12.2 Å². The molecule has 2 amide bonds. The van der Waals surface area contributed by atoms with Gasteiger partial charge in [0.25, 0.3) is 5.91 Å². The van der Waals surface area contributed by atoms with Gasteiger partial charge in [-0.2, -0.15) is 0 Å². The molecule has 0 radical (unpaired) electrons. The zero-order valence-corrected chi connectivity index (χ0v) is 13.4. The second-order valence-electron chi connectivity index (χ2n) is 5.65. The van der Waals surface area contributed by atoms with Crippen LogP contribution in [0.5, 0.6) is 5.75 Å². The molecule has 2 aromatic carbocycles. The number of carbonyl (C=O) groups is 2. The Balaban J connectivity index is 1.82. The molecule has 124 valence electrons. The van der Waals surface area contributed by atoms with E-state index in [0.29, 0.717) is 22.7 Å². The molecule has 0 fully saturated rings. The number of para-hydroxylation sites is 2. The second-order valence-corrected chi connectivity index (χ2v) is 5.65. The fraction of sp³-hybridized carbons (Fsp3) is 0.222. The molecular formula is C18H17FN2O3. The summed E-state index contributed by atoms with van der Waals surface area (Å²) in [5.74, 6) is -0.432. The number of carbonyl (C=O) groups excluding carboxylic acids is 2. The first kappa shape index (κ1) is 16.0. The standard InChI is InChI=1S/C18H17FN2O3/c1-11-9-13(19)7-8-14(11)20-18(23)17-10-21(12(2)22)15-5-3-4-6-16(15)24-17/h3-9,17H,10H2,1-2H3,(H,20,23). The fourth-order valence-corrected chi connectivity index (χ4v) is 2.65. The van der Waals surface area contributed by atoms with E-state index < -0.39 is 6.10 Å². The molecule has 24 heavy (non-hydrogen) atoms. The molecule has 6 heteroatoms. The van der Waals surface area contributed by atoms with Crippen molar-refractivity contribution >= 4 is 23.2 Å². The van der Waals surface area contributed by atoms with Crippen LogP contribution in [0.4, 0.5) is 15.8 Å². The van der Waals surface area contributed by atoms with Crippen molar-refractivity contribution in [2.45, 2.75) is 20.0 Å². The summed E-state index contributed by atoms with van der Waals surface area (Å²) >= 11 is 0. The minimum absolute atomic E-state index is 0.123. The zero-order valence-electron chi connectivity index (χ0n) is 13.4. The van der Waals surface area contributed by atoms with Crippen LogP contribution in [-0.4, -0.2) is 24.5 Å². The molecule has 3 rings (SSSR count). The van der Waals surface area contributed by atoms with E-state index in [4.69, 9.17) is 4.74 Å². The topological polar surface area (TPSA) is 58.6 Å². The Hall–Kier alpha value is -2.89. The van der Waals surface area contributed by atoms with Gasteiger partial charge in [-0.05, 0) is 42.8 Å². The van der Waals surface area contributed by atoms with Crippen LogP contribution in [0.1, 0.15) is 12.5 Å². The predicted octanol–water partition coefficient (Wildman–Crippen LogP) is 2.89. The van der Waals surface area contributed by atoms with Crippen LogP contribution >= 0.6 is 0 Å². The van der Waals surface area contributed by atoms with Crippen molar-refractivity contribution < 1.29 is 18.7 Å². The molecule has 0 saturated carbocycles. The minimum atomic E-state index is -0.840. The number of fused-ring (bicyclic) bond motifs is 1. The first-order chi connectivity index (χ1) is 11.5. The van der Waals surface area contributed by atoms with Gasteiger partial charge in [0.2, 0.25) is 5.91 Å². The molecule has 0 spiro atoms. The lowest BCUT2D eigenvalue weighted by Gasteiger charge is -2.33. The lowest BCUT2D eigenvalue weighted by molar-refractivity contribution is -0.123. The Bertz CT molecular complexity index is 807. The van der Waals surface area contributed by atoms with Gasteiger partial charge in [-0.15, -0.1) is 0 Å². The normalized spacial score (nSPS) is 16.1. The Morgan fingerprint density at radius 2 is 2.00 bits per heavy atom. The maximum atomic E-state index is 13.2. The molecule has 0 aromatic heterocycles. The summed E-state index contributed by atoms with van der Waals surface area (Å²) in [5, 5.41) is 2.73. The van der Waals surface area contributed by atoms with E-state index in [2.05, 4.69) is 5.32 Å². The summed E-state index contributed by atoms with van der Waals surface area (Å²) in [6, 6.07) is 11.2. The average Bonchev–Trinajstić information content (AvgIpc) is 2.56. The lowest BCUT2D eigenvalue weighted by Crippen LogP contribution is -2.48. The molecule has 1 unspecified atom stereocenters. The number of amides is 2. The molecule has 1 atom stereocenters. The van der Waals surface area contributed by atoms with Crippen LogP contribution in [0.25, 0.3) is 0 Å². The van der Waals surface area contributed by atoms with Gasteiger partial charge in [0, 0.05) is 12.6 Å². The molecule has 2 aromatic rings. The number of rotatable bonds is 2. The molecule has 1 heterocycles. The Morgan fingerprint density at radius 3 is 2.71 bits per heavy atom. The molecule has 0 bridgehead atoms. The van der Waals surface area contributed by atoms with Crippen molar-refractivity contribution in [2.75, 3.05) is 16.8 Å². The van der Waals surface area contributed by atoms with E-state index in [9.17, 15) is 14.0 Å². The van der Waals surface area contributed by atoms with Crippen molar-refractivity contribution in [3.05, 3.63) is 53.8 Å². The number of ether oxygens (including phenoxy) is 1. The van der Waals surface area contributed by atoms with Gasteiger partial charge in [0.15, 0.2) is 6.10 Å². The Kier molecular flexibility index (Phi) is 4.20. The monoisotopic (exact) mass is 328 g/mol. The summed E-state index contributed by atoms with van der Waals surface area (Å²) in [5.41, 5.74) is 1.77. The Labute approximate surface area is 139 Å². The largest absolute Gasteiger partial charge is 0.476 e. The van der Waals surface area contributed by atoms with Gasteiger partial charge >= 0.3 is 0 Å². The zero-order chi connectivity index (χ0) is 17.3. The van der Waals surface area contributed by atoms with Gasteiger partial charge in [0.1, 0.15) is 11.6 Å². The van der Waals surface area contributed by atoms with Crippen molar-refractivity contribution in [1.29, 1.82) is 0 Å². The van der Waals surface area contributed by atoms with E-state index in [1.807, 2.05) is 0 Å². The van der Waals surface area contributed by atoms with E-state index >= 15 is 0 Å². The highest BCUT2D eigenvalue weighted by molar-refractivity contribution is 5.99. The lowest BCUT2D eigenvalue weighted by atomic mass is 10.1. The van der Waals surface area contributed by atoms with Crippen LogP contribution in [0.15, 0.2) is 42.5 Å². The molecule has 1 aliphatic rings. The first-order valence-electron chi connectivity index (χ1n) is 7.56. The van der Waals surface area contributed by atoms with Crippen LogP contribution in [0, 0.1) is 12.7 Å². The highest BCUT2D eigenvalue weighted by atomic mass is 19.1. The van der Waals surface area contributed by atoms with E-state index in [1.54, 1.807) is 31.2 Å². The third kappa shape index (κ3) is 3.08. The summed E-state index contributed by atoms with van der Waals surface area (Å²) in [7, 11) is 0. The quantitative estimate of drug-likeness (QED) is 0.922. The number of anilines is 2. The van der Waals surface area contributed by atoms with E-state index in [0.717, 1.165) is 0 Å². The molecular weight excluding hydrogens is 311 g/mol.